The predicted molar refractivity (Wildman–Crippen MR) is 108 cm³/mol. The zero-order valence-electron chi connectivity index (χ0n) is 17.0. The first-order valence-corrected chi connectivity index (χ1v) is 10.9. The Morgan fingerprint density at radius 3 is 2.21 bits per heavy atom. The predicted octanol–water partition coefficient (Wildman–Crippen LogP) is -1.03. The largest absolute Gasteiger partial charge is 0.370 e. The van der Waals surface area contributed by atoms with Crippen LogP contribution in [-0.4, -0.2) is 58.4 Å². The number of ketones is 1. The van der Waals surface area contributed by atoms with Gasteiger partial charge in [0.2, 0.25) is 5.91 Å². The zero-order chi connectivity index (χ0) is 22.1. The zero-order valence-corrected chi connectivity index (χ0v) is 17.9. The van der Waals surface area contributed by atoms with E-state index in [1.54, 1.807) is 6.92 Å². The number of nitrogens with one attached hydrogen (secondary N) is 2. The Morgan fingerprint density at radius 1 is 1.25 bits per heavy atom. The van der Waals surface area contributed by atoms with Gasteiger partial charge in [-0.1, -0.05) is 20.8 Å². The number of Topliss-reactive ketones (excluding diaryl/α,β-unsaturated/α-hetero) is 1. The molecular weight excluding hydrogens is 387 g/mol. The molecular formula is C16H35N6O5P. The van der Waals surface area contributed by atoms with Crippen LogP contribution < -0.4 is 27.8 Å². The fourth-order valence-electron chi connectivity index (χ4n) is 2.86. The van der Waals surface area contributed by atoms with Crippen molar-refractivity contribution >= 4 is 25.2 Å². The Morgan fingerprint density at radius 2 is 1.82 bits per heavy atom. The second-order valence-corrected chi connectivity index (χ2v) is 8.99. The molecule has 0 aromatic heterocycles. The monoisotopic (exact) mass is 422 g/mol. The molecule has 0 unspecified atom stereocenters. The highest BCUT2D eigenvalue weighted by atomic mass is 31.2. The number of carbonyl (C=O) groups is 2. The van der Waals surface area contributed by atoms with Gasteiger partial charge in [0.15, 0.2) is 17.3 Å². The van der Waals surface area contributed by atoms with Crippen molar-refractivity contribution in [2.45, 2.75) is 63.8 Å². The minimum Gasteiger partial charge on any atom is -0.370 e. The summed E-state index contributed by atoms with van der Waals surface area (Å²) >= 11 is 0. The van der Waals surface area contributed by atoms with Gasteiger partial charge in [0.1, 0.15) is 5.78 Å². The van der Waals surface area contributed by atoms with Gasteiger partial charge in [-0.2, -0.15) is 0 Å². The number of guanidine groups is 1. The van der Waals surface area contributed by atoms with E-state index in [9.17, 15) is 23.9 Å². The summed E-state index contributed by atoms with van der Waals surface area (Å²) in [5.41, 5.74) is 14.9. The summed E-state index contributed by atoms with van der Waals surface area (Å²) in [7, 11) is -3.12. The standard InChI is InChI=1S/C16H35N6O5P/c1-5-12(28(25,26)27)22-11(9-10(2)3)13(23)16(19,14(24)20-4)7-6-8-21-15(17)18/h10-12,22H,5-9,19H2,1-4H3,(H,20,24)(H4,17,18,21)(H2,25,26,27)/t11-,12+,16-/m0/s1. The Bertz CT molecular complexity index is 604. The molecule has 0 aromatic rings. The van der Waals surface area contributed by atoms with Gasteiger partial charge in [-0.25, -0.2) is 0 Å². The number of hydrogen-bond acceptors (Lipinski definition) is 6. The van der Waals surface area contributed by atoms with E-state index < -0.39 is 36.6 Å². The molecule has 0 saturated heterocycles. The normalized spacial score (nSPS) is 16.1. The summed E-state index contributed by atoms with van der Waals surface area (Å²) in [4.78, 5) is 48.5. The molecule has 0 aliphatic heterocycles. The molecule has 0 rings (SSSR count). The first kappa shape index (κ1) is 26.5. The lowest BCUT2D eigenvalue weighted by atomic mass is 9.82. The van der Waals surface area contributed by atoms with Gasteiger partial charge >= 0.3 is 7.60 Å². The van der Waals surface area contributed by atoms with Crippen LogP contribution >= 0.6 is 7.60 Å². The van der Waals surface area contributed by atoms with E-state index in [-0.39, 0.29) is 44.1 Å². The molecule has 0 bridgehead atoms. The summed E-state index contributed by atoms with van der Waals surface area (Å²) in [5.74, 6) is -2.61. The Labute approximate surface area is 166 Å². The molecule has 0 spiro atoms. The van der Waals surface area contributed by atoms with Crippen LogP contribution in [0.1, 0.15) is 46.5 Å². The quantitative estimate of drug-likeness (QED) is 0.0635. The van der Waals surface area contributed by atoms with Crippen molar-refractivity contribution in [3.8, 4) is 0 Å². The first-order valence-electron chi connectivity index (χ1n) is 9.21. The number of hydrogen-bond donors (Lipinski definition) is 7. The van der Waals surface area contributed by atoms with Crippen LogP contribution in [0.15, 0.2) is 4.99 Å². The van der Waals surface area contributed by atoms with Crippen LogP contribution in [0.3, 0.4) is 0 Å². The summed E-state index contributed by atoms with van der Waals surface area (Å²) in [6, 6.07) is -0.997. The van der Waals surface area contributed by atoms with Gasteiger partial charge < -0.3 is 32.3 Å². The van der Waals surface area contributed by atoms with Crippen LogP contribution in [0.25, 0.3) is 0 Å². The van der Waals surface area contributed by atoms with Gasteiger partial charge in [0, 0.05) is 13.6 Å². The van der Waals surface area contributed by atoms with Crippen LogP contribution in [0.5, 0.6) is 0 Å². The summed E-state index contributed by atoms with van der Waals surface area (Å²) in [6.45, 7) is 5.50. The fraction of sp³-hybridized carbons (Fsp3) is 0.812. The highest BCUT2D eigenvalue weighted by molar-refractivity contribution is 7.52. The SMILES string of the molecule is CC[C@H](N[C@@H](CC(C)C)C(=O)[C@@](N)(CCCN=C(N)N)C(=O)NC)P(=O)(O)O. The maximum atomic E-state index is 13.2. The summed E-state index contributed by atoms with van der Waals surface area (Å²) in [5, 5.41) is 5.12. The van der Waals surface area contributed by atoms with Crippen molar-refractivity contribution in [2.24, 2.45) is 28.1 Å². The molecule has 11 nitrogen and oxygen atoms in total. The Kier molecular flexibility index (Phi) is 10.9. The fourth-order valence-corrected chi connectivity index (χ4v) is 3.71. The second kappa shape index (κ2) is 11.5. The maximum Gasteiger partial charge on any atom is 0.342 e. The van der Waals surface area contributed by atoms with Crippen LogP contribution in [-0.2, 0) is 14.2 Å². The number of carbonyl (C=O) groups excluding carboxylic acids is 2. The summed E-state index contributed by atoms with van der Waals surface area (Å²) in [6.07, 6.45) is 0.621. The van der Waals surface area contributed by atoms with Gasteiger partial charge in [-0.15, -0.1) is 0 Å². The molecule has 28 heavy (non-hydrogen) atoms. The number of rotatable bonds is 13. The van der Waals surface area contributed by atoms with Crippen LogP contribution in [0, 0.1) is 5.92 Å². The Hall–Kier alpha value is -1.52. The smallest absolute Gasteiger partial charge is 0.342 e. The van der Waals surface area contributed by atoms with Crippen molar-refractivity contribution in [2.75, 3.05) is 13.6 Å². The maximum absolute atomic E-state index is 13.2. The second-order valence-electron chi connectivity index (χ2n) is 7.19. The average Bonchev–Trinajstić information content (AvgIpc) is 2.58. The molecule has 0 heterocycles. The van der Waals surface area contributed by atoms with E-state index in [1.807, 2.05) is 13.8 Å². The molecule has 3 atom stereocenters. The van der Waals surface area contributed by atoms with E-state index in [2.05, 4.69) is 15.6 Å². The number of nitrogens with two attached hydrogens (primary N) is 3. The molecule has 0 radical (unpaired) electrons. The van der Waals surface area contributed by atoms with Gasteiger partial charge in [0.25, 0.3) is 0 Å². The average molecular weight is 422 g/mol. The molecule has 1 amide bonds. The van der Waals surface area contributed by atoms with E-state index in [4.69, 9.17) is 17.2 Å². The topological polar surface area (TPSA) is 206 Å². The van der Waals surface area contributed by atoms with Crippen molar-refractivity contribution in [3.05, 3.63) is 0 Å². The van der Waals surface area contributed by atoms with Gasteiger partial charge in [0.05, 0.1) is 6.04 Å². The molecule has 0 saturated carbocycles. The van der Waals surface area contributed by atoms with E-state index in [0.29, 0.717) is 0 Å². The molecule has 0 fully saturated rings. The van der Waals surface area contributed by atoms with Crippen molar-refractivity contribution in [1.82, 2.24) is 10.6 Å². The molecule has 0 aliphatic rings. The van der Waals surface area contributed by atoms with Crippen LogP contribution in [0.4, 0.5) is 0 Å². The number of nitrogens with zero attached hydrogens (tertiary/aromatic N) is 1. The first-order chi connectivity index (χ1) is 12.8. The minimum absolute atomic E-state index is 0.0197. The molecule has 0 aromatic carbocycles. The van der Waals surface area contributed by atoms with Crippen LogP contribution in [0.2, 0.25) is 0 Å². The third-order valence-electron chi connectivity index (χ3n) is 4.31. The van der Waals surface area contributed by atoms with Gasteiger partial charge in [-0.3, -0.25) is 24.5 Å². The molecule has 164 valence electrons. The molecule has 12 heteroatoms. The lowest BCUT2D eigenvalue weighted by Crippen LogP contribution is -2.64. The molecule has 10 N–H and O–H groups in total. The molecule has 0 aliphatic carbocycles. The summed E-state index contributed by atoms with van der Waals surface area (Å²) < 4.78 is 11.7. The Balaban J connectivity index is 5.71. The minimum atomic E-state index is -4.48. The third-order valence-corrected chi connectivity index (χ3v) is 5.63. The lowest BCUT2D eigenvalue weighted by Gasteiger charge is -2.33. The van der Waals surface area contributed by atoms with E-state index in [1.165, 1.54) is 7.05 Å². The van der Waals surface area contributed by atoms with Gasteiger partial charge in [-0.05, 0) is 31.6 Å². The number of aliphatic imine (C=N–C) groups is 1. The third kappa shape index (κ3) is 8.24. The van der Waals surface area contributed by atoms with E-state index >= 15 is 0 Å². The highest BCUT2D eigenvalue weighted by Crippen LogP contribution is 2.41. The van der Waals surface area contributed by atoms with Crippen molar-refractivity contribution in [1.29, 1.82) is 0 Å². The number of likely N-dealkylation sites (N-methyl/N-ethyl adjacent to an activating group) is 1. The van der Waals surface area contributed by atoms with Crippen molar-refractivity contribution < 1.29 is 23.9 Å². The number of amides is 1. The lowest BCUT2D eigenvalue weighted by molar-refractivity contribution is -0.137. The highest BCUT2D eigenvalue weighted by Gasteiger charge is 2.45. The van der Waals surface area contributed by atoms with E-state index in [0.717, 1.165) is 0 Å². The van der Waals surface area contributed by atoms with Crippen molar-refractivity contribution in [3.63, 3.8) is 0 Å².